The number of nitrogens with zero attached hydrogens (tertiary/aromatic N) is 7. The molecule has 6 heterocycles. The van der Waals surface area contributed by atoms with Gasteiger partial charge in [-0.3, -0.25) is 10.2 Å². The van der Waals surface area contributed by atoms with Gasteiger partial charge in [-0.1, -0.05) is 33.1 Å². The lowest BCUT2D eigenvalue weighted by atomic mass is 9.89. The standard InChI is InChI=1S/C18H20N6O.C17H23N5O.C2H6/c1-23(2)14-5-3-13(4-6-14)21-18(25)24-8-7-15-12(11-24)9-19-17-16(15)10-20-22-17;23-17(19-8-12-4-2-1-3-5-12)22-7-6-14-13(11-22)9-18-16-15(14)10-20-21-16;1-2/h3-6,9-10H,7-8,11H2,1-2H3,(H,21,25)(H,19,20,22);9-10,12H,1-8,11H2,(H,19,23)(H,18,20,21);1-2H3. The fourth-order valence-corrected chi connectivity index (χ4v) is 7.04. The Morgan fingerprint density at radius 1 is 0.780 bits per heavy atom. The van der Waals surface area contributed by atoms with Crippen LogP contribution < -0.4 is 15.5 Å². The van der Waals surface area contributed by atoms with E-state index >= 15 is 0 Å². The molecule has 4 N–H and O–H groups in total. The van der Waals surface area contributed by atoms with Crippen LogP contribution in [0.2, 0.25) is 0 Å². The quantitative estimate of drug-likeness (QED) is 0.175. The molecule has 1 fully saturated rings. The molecule has 0 unspecified atom stereocenters. The van der Waals surface area contributed by atoms with Gasteiger partial charge in [0, 0.05) is 81.4 Å². The minimum absolute atomic E-state index is 0.0634. The summed E-state index contributed by atoms with van der Waals surface area (Å²) in [6.07, 6.45) is 15.5. The van der Waals surface area contributed by atoms with E-state index < -0.39 is 0 Å². The number of H-pyrrole nitrogens is 2. The average molecular weight is 680 g/mol. The summed E-state index contributed by atoms with van der Waals surface area (Å²) in [6, 6.07) is 7.79. The smallest absolute Gasteiger partial charge is 0.322 e. The van der Waals surface area contributed by atoms with Crippen LogP contribution in [0.15, 0.2) is 49.1 Å². The van der Waals surface area contributed by atoms with E-state index in [-0.39, 0.29) is 12.1 Å². The second-order valence-electron chi connectivity index (χ2n) is 13.2. The molecule has 5 aromatic rings. The van der Waals surface area contributed by atoms with Crippen molar-refractivity contribution in [2.45, 2.75) is 71.9 Å². The number of fused-ring (bicyclic) bond motifs is 6. The van der Waals surface area contributed by atoms with Crippen molar-refractivity contribution in [3.63, 3.8) is 0 Å². The second kappa shape index (κ2) is 16.0. The first-order chi connectivity index (χ1) is 24.4. The van der Waals surface area contributed by atoms with Gasteiger partial charge in [0.15, 0.2) is 11.3 Å². The molecule has 0 atom stereocenters. The lowest BCUT2D eigenvalue weighted by molar-refractivity contribution is 0.188. The molecule has 50 heavy (non-hydrogen) atoms. The third kappa shape index (κ3) is 7.82. The number of pyridine rings is 2. The van der Waals surface area contributed by atoms with Crippen molar-refractivity contribution in [2.75, 3.05) is 43.9 Å². The Morgan fingerprint density at radius 2 is 1.32 bits per heavy atom. The highest BCUT2D eigenvalue weighted by Crippen LogP contribution is 2.27. The van der Waals surface area contributed by atoms with E-state index in [4.69, 9.17) is 0 Å². The summed E-state index contributed by atoms with van der Waals surface area (Å²) >= 11 is 0. The van der Waals surface area contributed by atoms with Crippen molar-refractivity contribution in [3.05, 3.63) is 71.3 Å². The number of hydrogen-bond acceptors (Lipinski definition) is 7. The van der Waals surface area contributed by atoms with Crippen LogP contribution in [0.1, 0.15) is 68.2 Å². The molecule has 1 saturated carbocycles. The zero-order chi connectivity index (χ0) is 35.0. The van der Waals surface area contributed by atoms with Gasteiger partial charge in [-0.25, -0.2) is 19.6 Å². The largest absolute Gasteiger partial charge is 0.378 e. The Labute approximate surface area is 293 Å². The lowest BCUT2D eigenvalue weighted by Gasteiger charge is -2.30. The van der Waals surface area contributed by atoms with E-state index in [0.29, 0.717) is 25.6 Å². The number of benzene rings is 1. The average Bonchev–Trinajstić information content (AvgIpc) is 3.86. The van der Waals surface area contributed by atoms with Crippen LogP contribution in [0, 0.1) is 5.92 Å². The molecule has 13 nitrogen and oxygen atoms in total. The molecule has 8 rings (SSSR count). The maximum atomic E-state index is 12.6. The SMILES string of the molecule is CC.CN(C)c1ccc(NC(=O)N2CCc3c(cnc4[nH]ncc34)C2)cc1.O=C(NCC1CCCCC1)N1CCc2c(cnc3[nH]ncc23)C1. The van der Waals surface area contributed by atoms with Crippen molar-refractivity contribution in [1.82, 2.24) is 45.5 Å². The number of carbonyl (C=O) groups is 2. The van der Waals surface area contributed by atoms with Crippen LogP contribution in [0.5, 0.6) is 0 Å². The third-order valence-electron chi connectivity index (χ3n) is 9.82. The molecule has 0 radical (unpaired) electrons. The Balaban J connectivity index is 0.000000165. The molecule has 1 aromatic carbocycles. The first kappa shape index (κ1) is 34.7. The van der Waals surface area contributed by atoms with Gasteiger partial charge in [0.05, 0.1) is 12.4 Å². The van der Waals surface area contributed by atoms with Gasteiger partial charge in [-0.2, -0.15) is 10.2 Å². The van der Waals surface area contributed by atoms with Crippen LogP contribution in [0.3, 0.4) is 0 Å². The predicted octanol–water partition coefficient (Wildman–Crippen LogP) is 6.25. The Kier molecular flexibility index (Phi) is 11.1. The zero-order valence-electron chi connectivity index (χ0n) is 29.6. The molecule has 0 saturated heterocycles. The summed E-state index contributed by atoms with van der Waals surface area (Å²) < 4.78 is 0. The van der Waals surface area contributed by atoms with Gasteiger partial charge < -0.3 is 25.3 Å². The molecule has 2 aliphatic heterocycles. The number of aromatic nitrogens is 6. The number of anilines is 2. The van der Waals surface area contributed by atoms with Gasteiger partial charge in [0.25, 0.3) is 0 Å². The normalized spacial score (nSPS) is 15.6. The van der Waals surface area contributed by atoms with Gasteiger partial charge >= 0.3 is 12.1 Å². The molecule has 0 bridgehead atoms. The van der Waals surface area contributed by atoms with E-state index in [9.17, 15) is 9.59 Å². The number of urea groups is 2. The number of rotatable bonds is 4. The Hall–Kier alpha value is -5.20. The van der Waals surface area contributed by atoms with Crippen molar-refractivity contribution in [3.8, 4) is 0 Å². The van der Waals surface area contributed by atoms with E-state index in [1.165, 1.54) is 43.2 Å². The van der Waals surface area contributed by atoms with Crippen LogP contribution in [0.25, 0.3) is 22.1 Å². The lowest BCUT2D eigenvalue weighted by Crippen LogP contribution is -2.44. The highest BCUT2D eigenvalue weighted by Gasteiger charge is 2.25. The number of nitrogens with one attached hydrogen (secondary N) is 4. The molecular weight excluding hydrogens is 630 g/mol. The van der Waals surface area contributed by atoms with E-state index in [2.05, 4.69) is 41.0 Å². The number of aromatic amines is 2. The zero-order valence-corrected chi connectivity index (χ0v) is 29.6. The summed E-state index contributed by atoms with van der Waals surface area (Å²) in [7, 11) is 3.98. The number of hydrogen-bond donors (Lipinski definition) is 4. The molecule has 4 aromatic heterocycles. The van der Waals surface area contributed by atoms with Crippen LogP contribution >= 0.6 is 0 Å². The van der Waals surface area contributed by atoms with E-state index in [1.54, 1.807) is 0 Å². The second-order valence-corrected chi connectivity index (χ2v) is 13.2. The Morgan fingerprint density at radius 3 is 1.86 bits per heavy atom. The Bertz CT molecular complexity index is 1890. The summed E-state index contributed by atoms with van der Waals surface area (Å²) in [5, 5.41) is 22.2. The first-order valence-corrected chi connectivity index (χ1v) is 17.9. The van der Waals surface area contributed by atoms with Crippen molar-refractivity contribution >= 4 is 45.5 Å². The maximum Gasteiger partial charge on any atom is 0.322 e. The molecule has 3 aliphatic rings. The van der Waals surface area contributed by atoms with Gasteiger partial charge in [0.1, 0.15) is 0 Å². The van der Waals surface area contributed by atoms with Crippen molar-refractivity contribution < 1.29 is 9.59 Å². The molecule has 13 heteroatoms. The summed E-state index contributed by atoms with van der Waals surface area (Å²) in [5.41, 5.74) is 8.26. The van der Waals surface area contributed by atoms with Crippen LogP contribution in [0.4, 0.5) is 21.0 Å². The fraction of sp³-hybridized carbons (Fsp3) is 0.459. The third-order valence-corrected chi connectivity index (χ3v) is 9.82. The minimum atomic E-state index is -0.0875. The summed E-state index contributed by atoms with van der Waals surface area (Å²) in [4.78, 5) is 39.5. The predicted molar refractivity (Wildman–Crippen MR) is 197 cm³/mol. The van der Waals surface area contributed by atoms with Gasteiger partial charge in [0.2, 0.25) is 0 Å². The van der Waals surface area contributed by atoms with Crippen LogP contribution in [-0.4, -0.2) is 86.0 Å². The van der Waals surface area contributed by atoms with E-state index in [0.717, 1.165) is 70.5 Å². The molecular formula is C37H49N11O2. The minimum Gasteiger partial charge on any atom is -0.378 e. The summed E-state index contributed by atoms with van der Waals surface area (Å²) in [6.45, 7) is 7.46. The molecule has 0 spiro atoms. The van der Waals surface area contributed by atoms with Gasteiger partial charge in [-0.15, -0.1) is 0 Å². The molecule has 1 aliphatic carbocycles. The van der Waals surface area contributed by atoms with Crippen molar-refractivity contribution in [1.29, 1.82) is 0 Å². The highest BCUT2D eigenvalue weighted by molar-refractivity contribution is 5.90. The molecule has 4 amide bonds. The van der Waals surface area contributed by atoms with Crippen LogP contribution in [-0.2, 0) is 25.9 Å². The number of amides is 4. The molecule has 264 valence electrons. The summed E-state index contributed by atoms with van der Waals surface area (Å²) in [5.74, 6) is 0.664. The first-order valence-electron chi connectivity index (χ1n) is 17.9. The fourth-order valence-electron chi connectivity index (χ4n) is 7.04. The van der Waals surface area contributed by atoms with Crippen molar-refractivity contribution in [2.24, 2.45) is 5.92 Å². The van der Waals surface area contributed by atoms with Gasteiger partial charge in [-0.05, 0) is 78.1 Å². The van der Waals surface area contributed by atoms with E-state index in [1.807, 2.05) is 91.7 Å². The monoisotopic (exact) mass is 679 g/mol. The highest BCUT2D eigenvalue weighted by atomic mass is 16.2. The maximum absolute atomic E-state index is 12.6. The number of carbonyl (C=O) groups excluding carboxylic acids is 2. The topological polar surface area (TPSA) is 151 Å².